The van der Waals surface area contributed by atoms with E-state index >= 15 is 0 Å². The van der Waals surface area contributed by atoms with Gasteiger partial charge in [-0.3, -0.25) is 14.4 Å². The van der Waals surface area contributed by atoms with E-state index in [0.29, 0.717) is 23.6 Å². The zero-order valence-corrected chi connectivity index (χ0v) is 21.6. The van der Waals surface area contributed by atoms with Crippen molar-refractivity contribution in [3.05, 3.63) is 45.4 Å². The lowest BCUT2D eigenvalue weighted by Crippen LogP contribution is -2.57. The number of rotatable bonds is 7. The number of hydrogen-bond donors (Lipinski definition) is 6. The van der Waals surface area contributed by atoms with Crippen LogP contribution in [0.15, 0.2) is 28.7 Å². The molecule has 3 aliphatic rings. The van der Waals surface area contributed by atoms with Crippen LogP contribution < -0.4 is 16.0 Å². The zero-order valence-electron chi connectivity index (χ0n) is 21.6. The van der Waals surface area contributed by atoms with Gasteiger partial charge in [0.05, 0.1) is 5.56 Å². The van der Waals surface area contributed by atoms with Gasteiger partial charge in [0.1, 0.15) is 22.8 Å². The molecule has 0 saturated carbocycles. The van der Waals surface area contributed by atoms with Crippen molar-refractivity contribution in [2.75, 3.05) is 25.5 Å². The topological polar surface area (TPSA) is 173 Å². The first-order valence-electron chi connectivity index (χ1n) is 12.5. The second-order valence-electron chi connectivity index (χ2n) is 10.9. The number of benzene rings is 1. The van der Waals surface area contributed by atoms with Crippen molar-refractivity contribution in [3.63, 3.8) is 0 Å². The van der Waals surface area contributed by atoms with E-state index in [9.17, 15) is 34.8 Å². The number of nitrogens with zero attached hydrogens (tertiary/aromatic N) is 1. The van der Waals surface area contributed by atoms with Crippen LogP contribution in [0.1, 0.15) is 54.6 Å². The SMILES string of the molecule is CC(C)CCNCc1cc(N(C)C)c2c(c1O)C(=O)C1=C(O)[C@]3(O)C(=O)C(C(N)=O)=C(O)C[C@@H]3C[C@@H]1C2. The number of ketones is 2. The summed E-state index contributed by atoms with van der Waals surface area (Å²) in [5, 5.41) is 47.3. The quantitative estimate of drug-likeness (QED) is 0.235. The summed E-state index contributed by atoms with van der Waals surface area (Å²) in [6, 6.07) is 1.84. The van der Waals surface area contributed by atoms with Gasteiger partial charge in [-0.25, -0.2) is 0 Å². The highest BCUT2D eigenvalue weighted by atomic mass is 16.3. The number of allylic oxidation sites excluding steroid dienone is 2. The maximum Gasteiger partial charge on any atom is 0.255 e. The van der Waals surface area contributed by atoms with E-state index < -0.39 is 52.0 Å². The van der Waals surface area contributed by atoms with Gasteiger partial charge in [-0.1, -0.05) is 13.8 Å². The van der Waals surface area contributed by atoms with Gasteiger partial charge in [0, 0.05) is 49.8 Å². The van der Waals surface area contributed by atoms with E-state index in [1.54, 1.807) is 0 Å². The molecule has 1 aromatic rings. The van der Waals surface area contributed by atoms with Crippen LogP contribution in [0.4, 0.5) is 5.69 Å². The maximum absolute atomic E-state index is 13.8. The van der Waals surface area contributed by atoms with Crippen molar-refractivity contribution >= 4 is 23.2 Å². The Morgan fingerprint density at radius 2 is 1.89 bits per heavy atom. The fraction of sp³-hybridized carbons (Fsp3) is 0.519. The minimum Gasteiger partial charge on any atom is -0.511 e. The van der Waals surface area contributed by atoms with Crippen LogP contribution in [0.3, 0.4) is 0 Å². The Labute approximate surface area is 215 Å². The summed E-state index contributed by atoms with van der Waals surface area (Å²) in [6.07, 6.45) is 1.08. The molecule has 0 spiro atoms. The summed E-state index contributed by atoms with van der Waals surface area (Å²) in [7, 11) is 3.67. The molecule has 3 aliphatic carbocycles. The van der Waals surface area contributed by atoms with E-state index in [2.05, 4.69) is 19.2 Å². The number of carbonyl (C=O) groups is 3. The Morgan fingerprint density at radius 3 is 2.49 bits per heavy atom. The summed E-state index contributed by atoms with van der Waals surface area (Å²) in [5.74, 6) is -5.71. The van der Waals surface area contributed by atoms with E-state index in [1.165, 1.54) is 0 Å². The minimum atomic E-state index is -2.56. The largest absolute Gasteiger partial charge is 0.511 e. The standard InChI is InChI=1S/C27H35N3O7/c1-12(2)5-6-29-11-14-9-17(30(3)4)16-8-13-7-15-10-18(31)21(26(28)36)25(35)27(15,37)24(34)19(13)23(33)20(16)22(14)32/h9,12-13,15,29,31-32,34,37H,5-8,10-11H2,1-4H3,(H2,28,36)/t13-,15+,27+/m1/s1. The first-order chi connectivity index (χ1) is 17.3. The molecule has 0 unspecified atom stereocenters. The lowest BCUT2D eigenvalue weighted by molar-refractivity contribution is -0.144. The number of amides is 1. The highest BCUT2D eigenvalue weighted by molar-refractivity contribution is 6.24. The van der Waals surface area contributed by atoms with Crippen molar-refractivity contribution in [1.82, 2.24) is 5.32 Å². The smallest absolute Gasteiger partial charge is 0.255 e. The van der Waals surface area contributed by atoms with Crippen molar-refractivity contribution in [2.45, 2.75) is 51.7 Å². The molecule has 37 heavy (non-hydrogen) atoms. The van der Waals surface area contributed by atoms with Crippen molar-refractivity contribution < 1.29 is 34.8 Å². The summed E-state index contributed by atoms with van der Waals surface area (Å²) >= 11 is 0. The Morgan fingerprint density at radius 1 is 1.22 bits per heavy atom. The summed E-state index contributed by atoms with van der Waals surface area (Å²) in [4.78, 5) is 40.6. The number of phenols is 1. The highest BCUT2D eigenvalue weighted by Crippen LogP contribution is 2.52. The third-order valence-corrected chi connectivity index (χ3v) is 7.81. The zero-order chi connectivity index (χ0) is 27.4. The van der Waals surface area contributed by atoms with Crippen LogP contribution in [-0.2, 0) is 22.6 Å². The van der Waals surface area contributed by atoms with E-state index in [-0.39, 0.29) is 36.1 Å². The fourth-order valence-electron chi connectivity index (χ4n) is 5.87. The predicted molar refractivity (Wildman–Crippen MR) is 136 cm³/mol. The van der Waals surface area contributed by atoms with Gasteiger partial charge in [-0.15, -0.1) is 0 Å². The van der Waals surface area contributed by atoms with Gasteiger partial charge in [0.15, 0.2) is 11.4 Å². The highest BCUT2D eigenvalue weighted by Gasteiger charge is 2.59. The molecule has 0 aliphatic heterocycles. The molecule has 0 radical (unpaired) electrons. The van der Waals surface area contributed by atoms with Crippen LogP contribution in [0.2, 0.25) is 0 Å². The van der Waals surface area contributed by atoms with E-state index in [4.69, 9.17) is 5.73 Å². The number of Topliss-reactive ketones (excluding diaryl/α,β-unsaturated/α-hetero) is 2. The van der Waals surface area contributed by atoms with Gasteiger partial charge < -0.3 is 36.4 Å². The monoisotopic (exact) mass is 513 g/mol. The fourth-order valence-corrected chi connectivity index (χ4v) is 5.87. The van der Waals surface area contributed by atoms with Gasteiger partial charge in [-0.2, -0.15) is 0 Å². The second-order valence-corrected chi connectivity index (χ2v) is 10.9. The summed E-state index contributed by atoms with van der Waals surface area (Å²) in [5.41, 5.74) is 3.66. The number of nitrogens with two attached hydrogens (primary N) is 1. The van der Waals surface area contributed by atoms with Crippen molar-refractivity contribution in [3.8, 4) is 5.75 Å². The summed E-state index contributed by atoms with van der Waals surface area (Å²) in [6.45, 7) is 5.28. The molecule has 10 nitrogen and oxygen atoms in total. The van der Waals surface area contributed by atoms with Crippen molar-refractivity contribution in [2.24, 2.45) is 23.5 Å². The molecule has 7 N–H and O–H groups in total. The Kier molecular flexibility index (Phi) is 6.85. The van der Waals surface area contributed by atoms with E-state index in [1.807, 2.05) is 25.1 Å². The van der Waals surface area contributed by atoms with Crippen LogP contribution in [-0.4, -0.2) is 64.1 Å². The Hall–Kier alpha value is -3.37. The molecule has 1 amide bonds. The number of nitrogens with one attached hydrogen (secondary N) is 1. The second kappa shape index (κ2) is 9.50. The lowest BCUT2D eigenvalue weighted by Gasteiger charge is -2.46. The third-order valence-electron chi connectivity index (χ3n) is 7.81. The number of aliphatic hydroxyl groups is 3. The third kappa shape index (κ3) is 4.18. The number of fused-ring (bicyclic) bond motifs is 3. The van der Waals surface area contributed by atoms with Gasteiger partial charge in [-0.05, 0) is 49.3 Å². The van der Waals surface area contributed by atoms with Crippen LogP contribution >= 0.6 is 0 Å². The molecule has 1 aromatic carbocycles. The molecule has 0 aromatic heterocycles. The maximum atomic E-state index is 13.8. The molecule has 0 heterocycles. The predicted octanol–water partition coefficient (Wildman–Crippen LogP) is 1.78. The minimum absolute atomic E-state index is 0.0310. The molecule has 3 atom stereocenters. The number of phenolic OH excluding ortho intramolecular Hbond substituents is 1. The van der Waals surface area contributed by atoms with Crippen LogP contribution in [0.5, 0.6) is 5.75 Å². The number of aliphatic hydroxyl groups excluding tert-OH is 2. The average Bonchev–Trinajstić information content (AvgIpc) is 2.79. The number of anilines is 1. The molecule has 10 heteroatoms. The summed E-state index contributed by atoms with van der Waals surface area (Å²) < 4.78 is 0. The molecule has 0 saturated heterocycles. The normalized spacial score (nSPS) is 25.2. The number of primary amides is 1. The molecule has 4 rings (SSSR count). The molecule has 0 fully saturated rings. The Bertz CT molecular complexity index is 1250. The number of carbonyl (C=O) groups excluding carboxylic acids is 3. The van der Waals surface area contributed by atoms with Gasteiger partial charge >= 0.3 is 0 Å². The molecular weight excluding hydrogens is 478 g/mol. The van der Waals surface area contributed by atoms with Crippen LogP contribution in [0, 0.1) is 17.8 Å². The molecule has 0 bridgehead atoms. The molecule has 200 valence electrons. The average molecular weight is 514 g/mol. The number of hydrogen-bond acceptors (Lipinski definition) is 9. The first-order valence-corrected chi connectivity index (χ1v) is 12.5. The lowest BCUT2D eigenvalue weighted by atomic mass is 9.60. The number of aromatic hydroxyl groups is 1. The first kappa shape index (κ1) is 26.7. The molecular formula is C27H35N3O7. The van der Waals surface area contributed by atoms with Gasteiger partial charge in [0.25, 0.3) is 5.91 Å². The van der Waals surface area contributed by atoms with Crippen LogP contribution in [0.25, 0.3) is 0 Å². The van der Waals surface area contributed by atoms with Gasteiger partial charge in [0.2, 0.25) is 5.78 Å². The van der Waals surface area contributed by atoms with E-state index in [0.717, 1.165) is 18.7 Å². The van der Waals surface area contributed by atoms with Crippen molar-refractivity contribution in [1.29, 1.82) is 0 Å². The Balaban J connectivity index is 1.81.